The molecule has 0 saturated carbocycles. The second kappa shape index (κ2) is 13.5. The Kier molecular flexibility index (Phi) is 7.75. The van der Waals surface area contributed by atoms with Crippen molar-refractivity contribution < 1.29 is 4.42 Å². The lowest BCUT2D eigenvalue weighted by Crippen LogP contribution is -2.10. The highest BCUT2D eigenvalue weighted by atomic mass is 32.1. The Morgan fingerprint density at radius 3 is 2.05 bits per heavy atom. The number of rotatable bonds is 6. The molecular weight excluding hydrogens is 737 g/mol. The van der Waals surface area contributed by atoms with E-state index in [4.69, 9.17) is 4.42 Å². The lowest BCUT2D eigenvalue weighted by atomic mass is 9.93. The highest BCUT2D eigenvalue weighted by Crippen LogP contribution is 2.47. The van der Waals surface area contributed by atoms with Crippen LogP contribution in [-0.2, 0) is 0 Å². The van der Waals surface area contributed by atoms with Crippen LogP contribution in [0.5, 0.6) is 0 Å². The molecule has 0 fully saturated rings. The van der Waals surface area contributed by atoms with Crippen molar-refractivity contribution in [3.63, 3.8) is 0 Å². The van der Waals surface area contributed by atoms with Gasteiger partial charge in [0.15, 0.2) is 5.58 Å². The molecule has 280 valence electrons. The van der Waals surface area contributed by atoms with Crippen LogP contribution in [0.15, 0.2) is 199 Å². The molecule has 3 nitrogen and oxygen atoms in total. The molecule has 3 heterocycles. The van der Waals surface area contributed by atoms with Crippen LogP contribution in [0, 0.1) is 5.92 Å². The van der Waals surface area contributed by atoms with Gasteiger partial charge in [-0.15, -0.1) is 11.3 Å². The zero-order chi connectivity index (χ0) is 39.0. The van der Waals surface area contributed by atoms with Gasteiger partial charge < -0.3 is 13.9 Å². The first-order chi connectivity index (χ1) is 29.2. The second-order valence-corrected chi connectivity index (χ2v) is 16.8. The molecule has 0 N–H and O–H groups in total. The van der Waals surface area contributed by atoms with Crippen molar-refractivity contribution in [2.24, 2.45) is 5.92 Å². The maximum atomic E-state index is 7.21. The summed E-state index contributed by atoms with van der Waals surface area (Å²) in [4.78, 5) is 2.36. The molecule has 1 aliphatic rings. The maximum Gasteiger partial charge on any atom is 0.159 e. The van der Waals surface area contributed by atoms with Crippen LogP contribution in [0.3, 0.4) is 0 Å². The fourth-order valence-corrected chi connectivity index (χ4v) is 10.6. The van der Waals surface area contributed by atoms with Crippen LogP contribution in [0.25, 0.3) is 86.3 Å². The summed E-state index contributed by atoms with van der Waals surface area (Å²) in [5, 5.41) is 7.13. The molecule has 11 aromatic rings. The first-order valence-electron chi connectivity index (χ1n) is 20.4. The Balaban J connectivity index is 1.05. The predicted molar refractivity (Wildman–Crippen MR) is 252 cm³/mol. The van der Waals surface area contributed by atoms with Gasteiger partial charge in [0, 0.05) is 53.4 Å². The number of fused-ring (bicyclic) bond motifs is 10. The highest BCUT2D eigenvalue weighted by molar-refractivity contribution is 7.26. The molecule has 59 heavy (non-hydrogen) atoms. The highest BCUT2D eigenvalue weighted by Gasteiger charge is 2.23. The number of para-hydroxylation sites is 3. The van der Waals surface area contributed by atoms with Crippen LogP contribution < -0.4 is 4.90 Å². The third-order valence-corrected chi connectivity index (χ3v) is 13.3. The summed E-state index contributed by atoms with van der Waals surface area (Å²) in [5.74, 6) is 0.530. The smallest absolute Gasteiger partial charge is 0.159 e. The molecule has 0 spiro atoms. The minimum atomic E-state index is 0.530. The van der Waals surface area contributed by atoms with E-state index < -0.39 is 0 Å². The molecule has 0 amide bonds. The number of anilines is 3. The van der Waals surface area contributed by atoms with Gasteiger partial charge in [-0.3, -0.25) is 0 Å². The van der Waals surface area contributed by atoms with Crippen LogP contribution in [-0.4, -0.2) is 4.57 Å². The van der Waals surface area contributed by atoms with E-state index in [1.165, 1.54) is 47.8 Å². The average Bonchev–Trinajstić information content (AvgIpc) is 3.97. The lowest BCUT2D eigenvalue weighted by Gasteiger charge is -2.26. The van der Waals surface area contributed by atoms with Gasteiger partial charge in [-0.2, -0.15) is 0 Å². The van der Waals surface area contributed by atoms with Gasteiger partial charge in [0.05, 0.1) is 22.1 Å². The van der Waals surface area contributed by atoms with Crippen molar-refractivity contribution >= 4 is 97.9 Å². The molecule has 0 aliphatic heterocycles. The van der Waals surface area contributed by atoms with E-state index >= 15 is 0 Å². The Hall–Kier alpha value is -7.14. The molecule has 8 aromatic carbocycles. The molecule has 0 bridgehead atoms. The summed E-state index contributed by atoms with van der Waals surface area (Å²) >= 11 is 1.87. The van der Waals surface area contributed by atoms with E-state index in [0.29, 0.717) is 5.92 Å². The third-order valence-electron chi connectivity index (χ3n) is 12.1. The Labute approximate surface area is 346 Å². The number of hydrogen-bond donors (Lipinski definition) is 0. The van der Waals surface area contributed by atoms with Crippen molar-refractivity contribution in [1.82, 2.24) is 4.57 Å². The number of hydrogen-bond acceptors (Lipinski definition) is 3. The summed E-state index contributed by atoms with van der Waals surface area (Å²) in [6, 6.07) is 63.8. The molecular formula is C55H38N2OS. The molecule has 4 heteroatoms. The zero-order valence-corrected chi connectivity index (χ0v) is 33.3. The quantitative estimate of drug-likeness (QED) is 0.168. The number of thiophene rings is 1. The first kappa shape index (κ1) is 33.9. The Morgan fingerprint density at radius 1 is 0.559 bits per heavy atom. The Morgan fingerprint density at radius 2 is 1.24 bits per heavy atom. The molecule has 0 radical (unpaired) electrons. The molecule has 12 rings (SSSR count). The number of allylic oxidation sites excluding steroid dienone is 4. The SMILES string of the molecule is CC1C=C(c2ccc(N(c3ccc(-c4cccc5c4sc4ccccc45)cc3)c3cccc4c3oc3c4ccc4c3c3ccccc3n4-c3ccccc3)cc2)C=CC1. The van der Waals surface area contributed by atoms with Gasteiger partial charge in [0.1, 0.15) is 5.58 Å². The number of aromatic nitrogens is 1. The third kappa shape index (κ3) is 5.41. The number of furan rings is 1. The molecule has 1 aliphatic carbocycles. The van der Waals surface area contributed by atoms with E-state index in [1.54, 1.807) is 0 Å². The van der Waals surface area contributed by atoms with Crippen molar-refractivity contribution in [2.45, 2.75) is 13.3 Å². The van der Waals surface area contributed by atoms with E-state index in [9.17, 15) is 0 Å². The van der Waals surface area contributed by atoms with Gasteiger partial charge >= 0.3 is 0 Å². The van der Waals surface area contributed by atoms with Gasteiger partial charge in [0.25, 0.3) is 0 Å². The van der Waals surface area contributed by atoms with Crippen LogP contribution in [0.4, 0.5) is 17.1 Å². The summed E-state index contributed by atoms with van der Waals surface area (Å²) in [6.45, 7) is 2.28. The summed E-state index contributed by atoms with van der Waals surface area (Å²) in [5.41, 5.74) is 13.3. The fourth-order valence-electron chi connectivity index (χ4n) is 9.35. The number of benzene rings is 8. The van der Waals surface area contributed by atoms with Gasteiger partial charge in [0.2, 0.25) is 0 Å². The van der Waals surface area contributed by atoms with Gasteiger partial charge in [-0.25, -0.2) is 0 Å². The standard InChI is InChI=1S/C55H38N2OS/c1-35-12-9-13-38(34-35)36-24-28-40(29-25-36)56(41-30-26-37(27-31-41)42-18-10-20-46-43-16-6-8-23-51(43)59-55(42)46)50-22-11-19-44-45-32-33-49-52(54(45)58-53(44)50)47-17-5-7-21-48(47)57(49)39-14-3-2-4-15-39/h2-11,13-35H,12H2,1H3. The van der Waals surface area contributed by atoms with Crippen molar-refractivity contribution in [3.8, 4) is 16.8 Å². The van der Waals surface area contributed by atoms with Crippen molar-refractivity contribution in [1.29, 1.82) is 0 Å². The average molecular weight is 775 g/mol. The van der Waals surface area contributed by atoms with Crippen LogP contribution in [0.1, 0.15) is 18.9 Å². The van der Waals surface area contributed by atoms with Gasteiger partial charge in [-0.1, -0.05) is 134 Å². The molecule has 3 aromatic heterocycles. The largest absolute Gasteiger partial charge is 0.453 e. The summed E-state index contributed by atoms with van der Waals surface area (Å²) < 4.78 is 12.2. The zero-order valence-electron chi connectivity index (χ0n) is 32.5. The second-order valence-electron chi connectivity index (χ2n) is 15.7. The minimum absolute atomic E-state index is 0.530. The topological polar surface area (TPSA) is 21.3 Å². The molecule has 1 atom stereocenters. The van der Waals surface area contributed by atoms with E-state index in [2.05, 4.69) is 211 Å². The van der Waals surface area contributed by atoms with Crippen LogP contribution in [0.2, 0.25) is 0 Å². The molecule has 1 unspecified atom stereocenters. The normalized spacial score (nSPS) is 14.3. The van der Waals surface area contributed by atoms with Crippen LogP contribution >= 0.6 is 11.3 Å². The maximum absolute atomic E-state index is 7.21. The summed E-state index contributed by atoms with van der Waals surface area (Å²) in [6.07, 6.45) is 8.02. The molecule has 0 saturated heterocycles. The van der Waals surface area contributed by atoms with E-state index in [-0.39, 0.29) is 0 Å². The minimum Gasteiger partial charge on any atom is -0.453 e. The fraction of sp³-hybridized carbons (Fsp3) is 0.0545. The predicted octanol–water partition coefficient (Wildman–Crippen LogP) is 16.2. The van der Waals surface area contributed by atoms with E-state index in [1.807, 2.05) is 11.3 Å². The first-order valence-corrected chi connectivity index (χ1v) is 21.2. The summed E-state index contributed by atoms with van der Waals surface area (Å²) in [7, 11) is 0. The van der Waals surface area contributed by atoms with Crippen molar-refractivity contribution in [3.05, 3.63) is 200 Å². The number of nitrogens with zero attached hydrogens (tertiary/aromatic N) is 2. The van der Waals surface area contributed by atoms with Crippen molar-refractivity contribution in [2.75, 3.05) is 4.90 Å². The Bertz CT molecular complexity index is 3470. The lowest BCUT2D eigenvalue weighted by molar-refractivity contribution is 0.673. The van der Waals surface area contributed by atoms with Gasteiger partial charge in [-0.05, 0) is 101 Å². The monoisotopic (exact) mass is 774 g/mol. The van der Waals surface area contributed by atoms with E-state index in [0.717, 1.165) is 67.5 Å².